The molecular formula is C13H26N2OS. The van der Waals surface area contributed by atoms with E-state index in [1.54, 1.807) is 0 Å². The largest absolute Gasteiger partial charge is 0.342 e. The van der Waals surface area contributed by atoms with Gasteiger partial charge in [0.15, 0.2) is 0 Å². The minimum absolute atomic E-state index is 0.0329. The summed E-state index contributed by atoms with van der Waals surface area (Å²) in [4.78, 5) is 14.3. The fraction of sp³-hybridized carbons (Fsp3) is 0.923. The SMILES string of the molecule is CSCCC(C)N(C)C(=O)C1NCCCC1C. The average Bonchev–Trinajstić information content (AvgIpc) is 2.34. The first-order chi connectivity index (χ1) is 8.07. The Morgan fingerprint density at radius 1 is 1.59 bits per heavy atom. The van der Waals surface area contributed by atoms with Crippen LogP contribution in [0.2, 0.25) is 0 Å². The highest BCUT2D eigenvalue weighted by atomic mass is 32.2. The minimum Gasteiger partial charge on any atom is -0.342 e. The first kappa shape index (κ1) is 14.8. The number of carbonyl (C=O) groups excluding carboxylic acids is 1. The van der Waals surface area contributed by atoms with Crippen LogP contribution in [-0.2, 0) is 4.79 Å². The number of piperidine rings is 1. The Hall–Kier alpha value is -0.220. The van der Waals surface area contributed by atoms with Gasteiger partial charge in [-0.15, -0.1) is 0 Å². The maximum absolute atomic E-state index is 12.4. The Morgan fingerprint density at radius 2 is 2.29 bits per heavy atom. The van der Waals surface area contributed by atoms with Crippen LogP contribution in [0, 0.1) is 5.92 Å². The van der Waals surface area contributed by atoms with E-state index >= 15 is 0 Å². The molecule has 0 aliphatic carbocycles. The van der Waals surface area contributed by atoms with Crippen LogP contribution in [0.3, 0.4) is 0 Å². The molecule has 3 unspecified atom stereocenters. The summed E-state index contributed by atoms with van der Waals surface area (Å²) in [6.45, 7) is 5.30. The van der Waals surface area contributed by atoms with Gasteiger partial charge in [0.1, 0.15) is 0 Å². The molecule has 1 heterocycles. The molecule has 0 saturated carbocycles. The predicted octanol–water partition coefficient (Wildman–Crippen LogP) is 1.97. The van der Waals surface area contributed by atoms with Crippen LogP contribution in [0.5, 0.6) is 0 Å². The van der Waals surface area contributed by atoms with Crippen LogP contribution in [0.1, 0.15) is 33.1 Å². The van der Waals surface area contributed by atoms with Crippen molar-refractivity contribution < 1.29 is 4.79 Å². The molecular weight excluding hydrogens is 232 g/mol. The molecule has 1 fully saturated rings. The summed E-state index contributed by atoms with van der Waals surface area (Å²) < 4.78 is 0. The Morgan fingerprint density at radius 3 is 2.88 bits per heavy atom. The van der Waals surface area contributed by atoms with E-state index in [0.29, 0.717) is 12.0 Å². The monoisotopic (exact) mass is 258 g/mol. The Balaban J connectivity index is 2.49. The van der Waals surface area contributed by atoms with Gasteiger partial charge in [-0.3, -0.25) is 4.79 Å². The number of nitrogens with one attached hydrogen (secondary N) is 1. The minimum atomic E-state index is 0.0329. The van der Waals surface area contributed by atoms with Crippen molar-refractivity contribution in [2.24, 2.45) is 5.92 Å². The third kappa shape index (κ3) is 4.18. The smallest absolute Gasteiger partial charge is 0.239 e. The zero-order valence-electron chi connectivity index (χ0n) is 11.5. The van der Waals surface area contributed by atoms with Crippen molar-refractivity contribution in [1.82, 2.24) is 10.2 Å². The molecule has 0 aromatic carbocycles. The summed E-state index contributed by atoms with van der Waals surface area (Å²) in [5.74, 6) is 1.85. The highest BCUT2D eigenvalue weighted by Gasteiger charge is 2.30. The van der Waals surface area contributed by atoms with Crippen molar-refractivity contribution in [1.29, 1.82) is 0 Å². The number of hydrogen-bond acceptors (Lipinski definition) is 3. The summed E-state index contributed by atoms with van der Waals surface area (Å²) in [6.07, 6.45) is 5.54. The van der Waals surface area contributed by atoms with Gasteiger partial charge in [-0.1, -0.05) is 6.92 Å². The molecule has 0 aromatic rings. The van der Waals surface area contributed by atoms with E-state index < -0.39 is 0 Å². The topological polar surface area (TPSA) is 32.3 Å². The Labute approximate surface area is 110 Å². The van der Waals surface area contributed by atoms with E-state index in [1.165, 1.54) is 6.42 Å². The second kappa shape index (κ2) is 7.27. The van der Waals surface area contributed by atoms with Crippen molar-refractivity contribution in [2.45, 2.75) is 45.2 Å². The van der Waals surface area contributed by atoms with Crippen molar-refractivity contribution in [3.8, 4) is 0 Å². The van der Waals surface area contributed by atoms with E-state index in [2.05, 4.69) is 25.4 Å². The molecule has 1 N–H and O–H groups in total. The molecule has 4 heteroatoms. The normalized spacial score (nSPS) is 26.6. The first-order valence-corrected chi connectivity index (χ1v) is 7.96. The van der Waals surface area contributed by atoms with Crippen molar-refractivity contribution in [3.05, 3.63) is 0 Å². The highest BCUT2D eigenvalue weighted by Crippen LogP contribution is 2.18. The summed E-state index contributed by atoms with van der Waals surface area (Å²) >= 11 is 1.84. The lowest BCUT2D eigenvalue weighted by Gasteiger charge is -2.34. The summed E-state index contributed by atoms with van der Waals surface area (Å²) in [7, 11) is 1.94. The van der Waals surface area contributed by atoms with Crippen LogP contribution < -0.4 is 5.32 Å². The lowest BCUT2D eigenvalue weighted by Crippen LogP contribution is -2.53. The fourth-order valence-corrected chi connectivity index (χ4v) is 2.88. The summed E-state index contributed by atoms with van der Waals surface area (Å²) in [6, 6.07) is 0.372. The third-order valence-corrected chi connectivity index (χ3v) is 4.43. The van der Waals surface area contributed by atoms with Gasteiger partial charge in [-0.2, -0.15) is 11.8 Å². The molecule has 100 valence electrons. The van der Waals surface area contributed by atoms with E-state index in [0.717, 1.165) is 25.1 Å². The molecule has 1 amide bonds. The second-order valence-electron chi connectivity index (χ2n) is 5.13. The fourth-order valence-electron chi connectivity index (χ4n) is 2.30. The first-order valence-electron chi connectivity index (χ1n) is 6.57. The molecule has 1 aliphatic rings. The van der Waals surface area contributed by atoms with Gasteiger partial charge in [0.2, 0.25) is 5.91 Å². The molecule has 3 atom stereocenters. The molecule has 1 saturated heterocycles. The van der Waals surface area contributed by atoms with Crippen LogP contribution in [0.15, 0.2) is 0 Å². The molecule has 3 nitrogen and oxygen atoms in total. The number of nitrogens with zero attached hydrogens (tertiary/aromatic N) is 1. The lowest BCUT2D eigenvalue weighted by molar-refractivity contribution is -0.135. The Kier molecular flexibility index (Phi) is 6.34. The van der Waals surface area contributed by atoms with Crippen molar-refractivity contribution in [3.63, 3.8) is 0 Å². The van der Waals surface area contributed by atoms with E-state index in [4.69, 9.17) is 0 Å². The summed E-state index contributed by atoms with van der Waals surface area (Å²) in [5.41, 5.74) is 0. The van der Waals surface area contributed by atoms with Crippen LogP contribution in [0.25, 0.3) is 0 Å². The van der Waals surface area contributed by atoms with Gasteiger partial charge in [-0.25, -0.2) is 0 Å². The number of rotatable bonds is 5. The quantitative estimate of drug-likeness (QED) is 0.818. The summed E-state index contributed by atoms with van der Waals surface area (Å²) in [5, 5.41) is 3.36. The van der Waals surface area contributed by atoms with Crippen LogP contribution in [-0.4, -0.2) is 48.5 Å². The number of hydrogen-bond donors (Lipinski definition) is 1. The van der Waals surface area contributed by atoms with Crippen molar-refractivity contribution in [2.75, 3.05) is 25.6 Å². The average molecular weight is 258 g/mol. The molecule has 17 heavy (non-hydrogen) atoms. The van der Waals surface area contributed by atoms with Gasteiger partial charge in [0.25, 0.3) is 0 Å². The predicted molar refractivity (Wildman–Crippen MR) is 75.4 cm³/mol. The molecule has 1 aliphatic heterocycles. The van der Waals surface area contributed by atoms with E-state index in [9.17, 15) is 4.79 Å². The van der Waals surface area contributed by atoms with E-state index in [-0.39, 0.29) is 11.9 Å². The molecule has 1 rings (SSSR count). The second-order valence-corrected chi connectivity index (χ2v) is 6.12. The molecule has 0 radical (unpaired) electrons. The van der Waals surface area contributed by atoms with Crippen molar-refractivity contribution >= 4 is 17.7 Å². The van der Waals surface area contributed by atoms with Crippen LogP contribution in [0.4, 0.5) is 0 Å². The van der Waals surface area contributed by atoms with E-state index in [1.807, 2.05) is 23.7 Å². The molecule has 0 aromatic heterocycles. The number of likely N-dealkylation sites (N-methyl/N-ethyl adjacent to an activating group) is 1. The lowest BCUT2D eigenvalue weighted by atomic mass is 9.91. The van der Waals surface area contributed by atoms with Gasteiger partial charge >= 0.3 is 0 Å². The van der Waals surface area contributed by atoms with Gasteiger partial charge in [-0.05, 0) is 50.7 Å². The zero-order chi connectivity index (χ0) is 12.8. The standard InChI is InChI=1S/C13H26N2OS/c1-10-6-5-8-14-12(10)13(16)15(3)11(2)7-9-17-4/h10-12,14H,5-9H2,1-4H3. The molecule has 0 spiro atoms. The maximum atomic E-state index is 12.4. The van der Waals surface area contributed by atoms with Gasteiger partial charge in [0.05, 0.1) is 6.04 Å². The third-order valence-electron chi connectivity index (χ3n) is 3.78. The molecule has 0 bridgehead atoms. The number of carbonyl (C=O) groups is 1. The number of thioether (sulfide) groups is 1. The number of amides is 1. The maximum Gasteiger partial charge on any atom is 0.239 e. The Bertz CT molecular complexity index is 248. The van der Waals surface area contributed by atoms with Crippen LogP contribution >= 0.6 is 11.8 Å². The zero-order valence-corrected chi connectivity index (χ0v) is 12.3. The van der Waals surface area contributed by atoms with Gasteiger partial charge < -0.3 is 10.2 Å². The van der Waals surface area contributed by atoms with Gasteiger partial charge in [0, 0.05) is 13.1 Å². The highest BCUT2D eigenvalue weighted by molar-refractivity contribution is 7.98.